The SMILES string of the molecule is CCOc1ccccc1-c1nc(CC(=O)N(C)CC(=O)Nc2cc(Cl)ccc2OC)cs1. The summed E-state index contributed by atoms with van der Waals surface area (Å²) in [6.07, 6.45) is 0.0948. The van der Waals surface area contributed by atoms with Crippen molar-refractivity contribution in [2.24, 2.45) is 0 Å². The van der Waals surface area contributed by atoms with E-state index in [2.05, 4.69) is 10.3 Å². The van der Waals surface area contributed by atoms with Crippen LogP contribution in [-0.2, 0) is 16.0 Å². The Morgan fingerprint density at radius 2 is 1.97 bits per heavy atom. The quantitative estimate of drug-likeness (QED) is 0.494. The van der Waals surface area contributed by atoms with E-state index in [0.29, 0.717) is 28.8 Å². The van der Waals surface area contributed by atoms with Gasteiger partial charge in [0.05, 0.1) is 43.6 Å². The predicted octanol–water partition coefficient (Wildman–Crippen LogP) is 4.51. The third-order valence-electron chi connectivity index (χ3n) is 4.54. The number of likely N-dealkylation sites (N-methyl/N-ethyl adjacent to an activating group) is 1. The maximum absolute atomic E-state index is 12.6. The number of ether oxygens (including phenoxy) is 2. The van der Waals surface area contributed by atoms with Gasteiger partial charge in [-0.1, -0.05) is 23.7 Å². The largest absolute Gasteiger partial charge is 0.495 e. The second-order valence-corrected chi connectivity index (χ2v) is 8.19. The zero-order valence-electron chi connectivity index (χ0n) is 18.1. The molecule has 3 aromatic rings. The number of hydrogen-bond donors (Lipinski definition) is 1. The van der Waals surface area contributed by atoms with Gasteiger partial charge in [-0.05, 0) is 37.3 Å². The van der Waals surface area contributed by atoms with E-state index in [1.807, 2.05) is 36.6 Å². The molecular weight excluding hydrogens is 450 g/mol. The molecule has 1 heterocycles. The molecule has 3 rings (SSSR count). The van der Waals surface area contributed by atoms with Crippen molar-refractivity contribution in [2.75, 3.05) is 32.6 Å². The number of anilines is 1. The van der Waals surface area contributed by atoms with E-state index in [1.54, 1.807) is 25.2 Å². The Labute approximate surface area is 195 Å². The van der Waals surface area contributed by atoms with Gasteiger partial charge in [-0.25, -0.2) is 4.98 Å². The normalized spacial score (nSPS) is 10.5. The van der Waals surface area contributed by atoms with Gasteiger partial charge in [0.1, 0.15) is 16.5 Å². The van der Waals surface area contributed by atoms with Gasteiger partial charge >= 0.3 is 0 Å². The number of benzene rings is 2. The number of carbonyl (C=O) groups excluding carboxylic acids is 2. The molecule has 2 amide bonds. The van der Waals surface area contributed by atoms with Crippen molar-refractivity contribution < 1.29 is 19.1 Å². The molecule has 9 heteroatoms. The lowest BCUT2D eigenvalue weighted by Gasteiger charge is -2.17. The molecule has 0 atom stereocenters. The van der Waals surface area contributed by atoms with Crippen LogP contribution in [0.15, 0.2) is 47.8 Å². The van der Waals surface area contributed by atoms with E-state index >= 15 is 0 Å². The van der Waals surface area contributed by atoms with E-state index in [-0.39, 0.29) is 24.8 Å². The number of para-hydroxylation sites is 1. The number of thiazole rings is 1. The van der Waals surface area contributed by atoms with Gasteiger partial charge in [0, 0.05) is 17.5 Å². The molecule has 0 aliphatic rings. The number of nitrogens with zero attached hydrogens (tertiary/aromatic N) is 2. The minimum absolute atomic E-state index is 0.0948. The summed E-state index contributed by atoms with van der Waals surface area (Å²) in [7, 11) is 3.08. The number of hydrogen-bond acceptors (Lipinski definition) is 6. The van der Waals surface area contributed by atoms with E-state index in [1.165, 1.54) is 23.3 Å². The van der Waals surface area contributed by atoms with E-state index in [9.17, 15) is 9.59 Å². The maximum atomic E-state index is 12.6. The molecule has 0 saturated heterocycles. The molecule has 168 valence electrons. The summed E-state index contributed by atoms with van der Waals surface area (Å²) in [5.74, 6) is 0.672. The van der Waals surface area contributed by atoms with Crippen LogP contribution < -0.4 is 14.8 Å². The van der Waals surface area contributed by atoms with Gasteiger partial charge in [-0.15, -0.1) is 11.3 Å². The summed E-state index contributed by atoms with van der Waals surface area (Å²) in [5.41, 5.74) is 1.98. The number of rotatable bonds is 9. The highest BCUT2D eigenvalue weighted by Crippen LogP contribution is 2.32. The first-order chi connectivity index (χ1) is 15.4. The van der Waals surface area contributed by atoms with Crippen LogP contribution in [0.1, 0.15) is 12.6 Å². The molecule has 1 aromatic heterocycles. The number of aromatic nitrogens is 1. The summed E-state index contributed by atoms with van der Waals surface area (Å²) >= 11 is 7.44. The summed E-state index contributed by atoms with van der Waals surface area (Å²) in [6, 6.07) is 12.6. The van der Waals surface area contributed by atoms with Gasteiger partial charge < -0.3 is 19.7 Å². The maximum Gasteiger partial charge on any atom is 0.244 e. The third-order valence-corrected chi connectivity index (χ3v) is 5.70. The Bertz CT molecular complexity index is 1100. The topological polar surface area (TPSA) is 80.8 Å². The standard InChI is InChI=1S/C23H24ClN3O4S/c1-4-31-19-8-6-5-7-17(19)23-25-16(14-32-23)12-22(29)27(2)13-21(28)26-18-11-15(24)9-10-20(18)30-3/h5-11,14H,4,12-13H2,1-3H3,(H,26,28). The number of halogens is 1. The first kappa shape index (κ1) is 23.6. The summed E-state index contributed by atoms with van der Waals surface area (Å²) in [4.78, 5) is 31.0. The number of carbonyl (C=O) groups is 2. The van der Waals surface area contributed by atoms with Crippen LogP contribution in [-0.4, -0.2) is 49.0 Å². The smallest absolute Gasteiger partial charge is 0.244 e. The number of amides is 2. The Hall–Kier alpha value is -3.10. The first-order valence-electron chi connectivity index (χ1n) is 9.95. The molecule has 32 heavy (non-hydrogen) atoms. The van der Waals surface area contributed by atoms with Crippen LogP contribution in [0, 0.1) is 0 Å². The molecular formula is C23H24ClN3O4S. The van der Waals surface area contributed by atoms with Crippen molar-refractivity contribution in [3.05, 3.63) is 58.6 Å². The lowest BCUT2D eigenvalue weighted by atomic mass is 10.2. The Morgan fingerprint density at radius 1 is 1.19 bits per heavy atom. The van der Waals surface area contributed by atoms with Gasteiger partial charge in [0.15, 0.2) is 0 Å². The zero-order chi connectivity index (χ0) is 23.1. The number of methoxy groups -OCH3 is 1. The minimum Gasteiger partial charge on any atom is -0.495 e. The zero-order valence-corrected chi connectivity index (χ0v) is 19.6. The molecule has 0 aliphatic carbocycles. The molecule has 0 aliphatic heterocycles. The Kier molecular flexibility index (Phi) is 8.08. The lowest BCUT2D eigenvalue weighted by Crippen LogP contribution is -2.35. The average molecular weight is 474 g/mol. The molecule has 0 unspecified atom stereocenters. The minimum atomic E-state index is -0.356. The number of nitrogens with one attached hydrogen (secondary N) is 1. The molecule has 0 bridgehead atoms. The van der Waals surface area contributed by atoms with Crippen molar-refractivity contribution in [3.8, 4) is 22.1 Å². The van der Waals surface area contributed by atoms with Crippen molar-refractivity contribution in [2.45, 2.75) is 13.3 Å². The van der Waals surface area contributed by atoms with Gasteiger partial charge in [0.2, 0.25) is 11.8 Å². The highest BCUT2D eigenvalue weighted by Gasteiger charge is 2.17. The Balaban J connectivity index is 1.61. The van der Waals surface area contributed by atoms with Crippen molar-refractivity contribution in [1.82, 2.24) is 9.88 Å². The van der Waals surface area contributed by atoms with E-state index in [0.717, 1.165) is 16.3 Å². The molecule has 1 N–H and O–H groups in total. The van der Waals surface area contributed by atoms with Crippen LogP contribution in [0.3, 0.4) is 0 Å². The van der Waals surface area contributed by atoms with Crippen LogP contribution in [0.2, 0.25) is 5.02 Å². The average Bonchev–Trinajstić information content (AvgIpc) is 3.22. The van der Waals surface area contributed by atoms with Crippen LogP contribution in [0.5, 0.6) is 11.5 Å². The monoisotopic (exact) mass is 473 g/mol. The van der Waals surface area contributed by atoms with Crippen LogP contribution in [0.25, 0.3) is 10.6 Å². The van der Waals surface area contributed by atoms with Gasteiger partial charge in [-0.2, -0.15) is 0 Å². The molecule has 0 spiro atoms. The predicted molar refractivity (Wildman–Crippen MR) is 127 cm³/mol. The highest BCUT2D eigenvalue weighted by atomic mass is 35.5. The Morgan fingerprint density at radius 3 is 2.72 bits per heavy atom. The van der Waals surface area contributed by atoms with Crippen LogP contribution in [0.4, 0.5) is 5.69 Å². The van der Waals surface area contributed by atoms with E-state index < -0.39 is 0 Å². The highest BCUT2D eigenvalue weighted by molar-refractivity contribution is 7.13. The second-order valence-electron chi connectivity index (χ2n) is 6.89. The second kappa shape index (κ2) is 11.0. The molecule has 2 aromatic carbocycles. The fourth-order valence-electron chi connectivity index (χ4n) is 3.00. The van der Waals surface area contributed by atoms with Gasteiger partial charge in [0.25, 0.3) is 0 Å². The molecule has 0 saturated carbocycles. The van der Waals surface area contributed by atoms with Crippen molar-refractivity contribution in [3.63, 3.8) is 0 Å². The third kappa shape index (κ3) is 5.99. The van der Waals surface area contributed by atoms with Crippen LogP contribution >= 0.6 is 22.9 Å². The fraction of sp³-hybridized carbons (Fsp3) is 0.261. The molecule has 0 radical (unpaired) electrons. The summed E-state index contributed by atoms with van der Waals surface area (Å²) in [6.45, 7) is 2.37. The first-order valence-corrected chi connectivity index (χ1v) is 11.2. The van der Waals surface area contributed by atoms with Crippen molar-refractivity contribution in [1.29, 1.82) is 0 Å². The summed E-state index contributed by atoms with van der Waals surface area (Å²) in [5, 5.41) is 5.82. The molecule has 7 nitrogen and oxygen atoms in total. The lowest BCUT2D eigenvalue weighted by molar-refractivity contribution is -0.132. The summed E-state index contributed by atoms with van der Waals surface area (Å²) < 4.78 is 10.9. The van der Waals surface area contributed by atoms with E-state index in [4.69, 9.17) is 21.1 Å². The fourth-order valence-corrected chi connectivity index (χ4v) is 4.02. The van der Waals surface area contributed by atoms with Crippen molar-refractivity contribution >= 4 is 40.4 Å². The van der Waals surface area contributed by atoms with Gasteiger partial charge in [-0.3, -0.25) is 9.59 Å². The molecule has 0 fully saturated rings.